The van der Waals surface area contributed by atoms with Crippen molar-refractivity contribution >= 4 is 11.3 Å². The Morgan fingerprint density at radius 2 is 2.27 bits per heavy atom. The Kier molecular flexibility index (Phi) is 4.90. The molecule has 22 heavy (non-hydrogen) atoms. The summed E-state index contributed by atoms with van der Waals surface area (Å²) in [5.41, 5.74) is 3.87. The highest BCUT2D eigenvalue weighted by molar-refractivity contribution is 7.09. The molecular weight excluding hydrogens is 296 g/mol. The molecule has 0 bridgehead atoms. The molecule has 2 aromatic rings. The van der Waals surface area contributed by atoms with Gasteiger partial charge in [-0.1, -0.05) is 0 Å². The van der Waals surface area contributed by atoms with Gasteiger partial charge in [0, 0.05) is 55.3 Å². The molecule has 0 saturated heterocycles. The lowest BCUT2D eigenvalue weighted by molar-refractivity contribution is 0.102. The summed E-state index contributed by atoms with van der Waals surface area (Å²) in [5.74, 6) is 0.394. The van der Waals surface area contributed by atoms with E-state index in [0.717, 1.165) is 44.4 Å². The van der Waals surface area contributed by atoms with E-state index in [1.54, 1.807) is 11.3 Å². The molecule has 1 aliphatic heterocycles. The molecule has 5 nitrogen and oxygen atoms in total. The Bertz CT molecular complexity index is 621. The van der Waals surface area contributed by atoms with Crippen LogP contribution in [0.5, 0.6) is 0 Å². The molecule has 1 atom stereocenters. The number of hydrogen-bond donors (Lipinski definition) is 0. The van der Waals surface area contributed by atoms with Gasteiger partial charge in [0.2, 0.25) is 0 Å². The van der Waals surface area contributed by atoms with Crippen molar-refractivity contribution in [3.63, 3.8) is 0 Å². The van der Waals surface area contributed by atoms with E-state index in [1.165, 1.54) is 17.0 Å². The highest BCUT2D eigenvalue weighted by atomic mass is 32.1. The lowest BCUT2D eigenvalue weighted by atomic mass is 9.96. The lowest BCUT2D eigenvalue weighted by Gasteiger charge is -2.32. The van der Waals surface area contributed by atoms with E-state index in [9.17, 15) is 0 Å². The van der Waals surface area contributed by atoms with E-state index in [-0.39, 0.29) is 0 Å². The number of aromatic nitrogens is 3. The molecule has 0 N–H and O–H groups in total. The second kappa shape index (κ2) is 6.89. The molecule has 0 saturated carbocycles. The summed E-state index contributed by atoms with van der Waals surface area (Å²) in [4.78, 5) is 7.05. The molecular formula is C16H24N4OS. The molecule has 0 aliphatic carbocycles. The van der Waals surface area contributed by atoms with Crippen molar-refractivity contribution in [3.8, 4) is 0 Å². The zero-order valence-corrected chi connectivity index (χ0v) is 14.4. The van der Waals surface area contributed by atoms with Gasteiger partial charge in [-0.2, -0.15) is 5.10 Å². The summed E-state index contributed by atoms with van der Waals surface area (Å²) in [6.07, 6.45) is 2.02. The molecule has 3 rings (SSSR count). The third-order valence-electron chi connectivity index (χ3n) is 4.09. The topological polar surface area (TPSA) is 43.2 Å². The minimum atomic E-state index is 0.394. The van der Waals surface area contributed by atoms with E-state index in [1.807, 2.05) is 6.20 Å². The minimum absolute atomic E-state index is 0.394. The smallest absolute Gasteiger partial charge is 0.0897 e. The first kappa shape index (κ1) is 15.6. The van der Waals surface area contributed by atoms with Gasteiger partial charge >= 0.3 is 0 Å². The van der Waals surface area contributed by atoms with E-state index in [0.29, 0.717) is 5.92 Å². The number of hydrogen-bond acceptors (Lipinski definition) is 5. The molecule has 0 amide bonds. The van der Waals surface area contributed by atoms with Crippen LogP contribution in [0.4, 0.5) is 0 Å². The molecule has 0 unspecified atom stereocenters. The van der Waals surface area contributed by atoms with E-state index in [4.69, 9.17) is 4.74 Å². The molecule has 6 heteroatoms. The maximum atomic E-state index is 5.72. The van der Waals surface area contributed by atoms with Crippen molar-refractivity contribution < 1.29 is 4.74 Å². The normalized spacial score (nSPS) is 18.6. The highest BCUT2D eigenvalue weighted by Gasteiger charge is 2.29. The fraction of sp³-hybridized carbons (Fsp3) is 0.625. The summed E-state index contributed by atoms with van der Waals surface area (Å²) in [7, 11) is 0. The van der Waals surface area contributed by atoms with Gasteiger partial charge in [0.05, 0.1) is 23.5 Å². The quantitative estimate of drug-likeness (QED) is 0.821. The van der Waals surface area contributed by atoms with Crippen molar-refractivity contribution in [2.45, 2.75) is 46.3 Å². The molecule has 0 aromatic carbocycles. The van der Waals surface area contributed by atoms with Gasteiger partial charge in [-0.15, -0.1) is 11.3 Å². The molecule has 0 fully saturated rings. The lowest BCUT2D eigenvalue weighted by Crippen LogP contribution is -2.36. The van der Waals surface area contributed by atoms with Crippen molar-refractivity contribution in [2.24, 2.45) is 0 Å². The van der Waals surface area contributed by atoms with Crippen molar-refractivity contribution in [1.29, 1.82) is 0 Å². The second-order valence-electron chi connectivity index (χ2n) is 5.75. The van der Waals surface area contributed by atoms with Gasteiger partial charge in [-0.25, -0.2) is 4.98 Å². The average molecular weight is 320 g/mol. The van der Waals surface area contributed by atoms with Crippen LogP contribution in [0.25, 0.3) is 0 Å². The third kappa shape index (κ3) is 3.24. The first-order chi connectivity index (χ1) is 10.7. The van der Waals surface area contributed by atoms with Crippen LogP contribution in [-0.2, 0) is 24.4 Å². The fourth-order valence-electron chi connectivity index (χ4n) is 3.21. The Morgan fingerprint density at radius 3 is 2.95 bits per heavy atom. The van der Waals surface area contributed by atoms with Gasteiger partial charge in [-0.3, -0.25) is 9.58 Å². The number of nitrogens with zero attached hydrogens (tertiary/aromatic N) is 4. The van der Waals surface area contributed by atoms with E-state index >= 15 is 0 Å². The standard InChI is InChI=1S/C16H24N4OS/c1-4-20-16-13(6-17-20)7-19(8-14(16)10-21-5-2)9-15-11-22-12(3)18-15/h6,11,14H,4-5,7-10H2,1-3H3/t14-/m0/s1. The summed E-state index contributed by atoms with van der Waals surface area (Å²) in [5, 5.41) is 7.84. The molecule has 2 aromatic heterocycles. The van der Waals surface area contributed by atoms with E-state index < -0.39 is 0 Å². The van der Waals surface area contributed by atoms with Crippen LogP contribution in [0.2, 0.25) is 0 Å². The number of thiazole rings is 1. The zero-order chi connectivity index (χ0) is 15.5. The molecule has 1 aliphatic rings. The summed E-state index contributed by atoms with van der Waals surface area (Å²) in [6.45, 7) is 11.6. The van der Waals surface area contributed by atoms with Gasteiger partial charge in [0.1, 0.15) is 0 Å². The Hall–Kier alpha value is -1.24. The number of ether oxygens (including phenoxy) is 1. The first-order valence-electron chi connectivity index (χ1n) is 7.96. The maximum Gasteiger partial charge on any atom is 0.0897 e. The molecule has 3 heterocycles. The molecule has 0 radical (unpaired) electrons. The Labute approximate surface area is 135 Å². The van der Waals surface area contributed by atoms with Crippen LogP contribution >= 0.6 is 11.3 Å². The van der Waals surface area contributed by atoms with Crippen molar-refractivity contribution in [1.82, 2.24) is 19.7 Å². The van der Waals surface area contributed by atoms with Crippen molar-refractivity contribution in [3.05, 3.63) is 33.5 Å². The number of rotatable bonds is 6. The van der Waals surface area contributed by atoms with Crippen LogP contribution in [0.3, 0.4) is 0 Å². The number of aryl methyl sites for hydroxylation is 2. The summed E-state index contributed by atoms with van der Waals surface area (Å²) < 4.78 is 7.85. The predicted octanol–water partition coefficient (Wildman–Crippen LogP) is 2.80. The van der Waals surface area contributed by atoms with E-state index in [2.05, 4.69) is 45.8 Å². The Balaban J connectivity index is 1.78. The maximum absolute atomic E-state index is 5.72. The van der Waals surface area contributed by atoms with Crippen LogP contribution in [0, 0.1) is 6.92 Å². The fourth-order valence-corrected chi connectivity index (χ4v) is 3.81. The summed E-state index contributed by atoms with van der Waals surface area (Å²) in [6, 6.07) is 0. The number of fused-ring (bicyclic) bond motifs is 1. The minimum Gasteiger partial charge on any atom is -0.381 e. The zero-order valence-electron chi connectivity index (χ0n) is 13.6. The monoisotopic (exact) mass is 320 g/mol. The largest absolute Gasteiger partial charge is 0.381 e. The van der Waals surface area contributed by atoms with Gasteiger partial charge in [0.15, 0.2) is 0 Å². The van der Waals surface area contributed by atoms with Gasteiger partial charge in [0.25, 0.3) is 0 Å². The van der Waals surface area contributed by atoms with Crippen molar-refractivity contribution in [2.75, 3.05) is 19.8 Å². The van der Waals surface area contributed by atoms with Crippen LogP contribution in [-0.4, -0.2) is 39.4 Å². The van der Waals surface area contributed by atoms with Gasteiger partial charge in [-0.05, 0) is 20.8 Å². The molecule has 120 valence electrons. The average Bonchev–Trinajstić information content (AvgIpc) is 3.10. The van der Waals surface area contributed by atoms with Crippen LogP contribution < -0.4 is 0 Å². The SMILES string of the molecule is CCOC[C@@H]1CN(Cc2csc(C)n2)Cc2cnn(CC)c21. The summed E-state index contributed by atoms with van der Waals surface area (Å²) >= 11 is 1.72. The highest BCUT2D eigenvalue weighted by Crippen LogP contribution is 2.29. The second-order valence-corrected chi connectivity index (χ2v) is 6.82. The third-order valence-corrected chi connectivity index (χ3v) is 4.92. The van der Waals surface area contributed by atoms with Gasteiger partial charge < -0.3 is 4.74 Å². The predicted molar refractivity (Wildman–Crippen MR) is 88.1 cm³/mol. The first-order valence-corrected chi connectivity index (χ1v) is 8.84. The Morgan fingerprint density at radius 1 is 1.41 bits per heavy atom. The molecule has 0 spiro atoms. The van der Waals surface area contributed by atoms with Crippen LogP contribution in [0.1, 0.15) is 41.7 Å². The van der Waals surface area contributed by atoms with Crippen LogP contribution in [0.15, 0.2) is 11.6 Å².